The summed E-state index contributed by atoms with van der Waals surface area (Å²) in [6, 6.07) is 17.6. The van der Waals surface area contributed by atoms with Crippen LogP contribution in [0, 0.1) is 25.6 Å². The van der Waals surface area contributed by atoms with Crippen LogP contribution in [0.5, 0.6) is 0 Å². The van der Waals surface area contributed by atoms with Crippen LogP contribution in [0.15, 0.2) is 72.8 Å². The van der Waals surface area contributed by atoms with Crippen LogP contribution < -0.4 is 0 Å². The van der Waals surface area contributed by atoms with Crippen molar-refractivity contribution in [3.63, 3.8) is 0 Å². The molecule has 2 atom stereocenters. The second kappa shape index (κ2) is 8.05. The van der Waals surface area contributed by atoms with Crippen LogP contribution in [-0.4, -0.2) is 27.2 Å². The Morgan fingerprint density at radius 2 is 1.00 bits per heavy atom. The first kappa shape index (κ1) is 22.3. The Morgan fingerprint density at radius 3 is 1.34 bits per heavy atom. The van der Waals surface area contributed by atoms with Crippen LogP contribution in [0.1, 0.15) is 56.5 Å². The molecule has 0 N–H and O–H groups in total. The fourth-order valence-electron chi connectivity index (χ4n) is 5.58. The van der Waals surface area contributed by atoms with Gasteiger partial charge in [-0.1, -0.05) is 48.5 Å². The molecule has 3 aromatic rings. The van der Waals surface area contributed by atoms with Gasteiger partial charge < -0.3 is 0 Å². The molecular formula is C26H18N2O7. The number of nitrogens with zero attached hydrogens (tertiary/aromatic N) is 2. The highest BCUT2D eigenvalue weighted by molar-refractivity contribution is 6.31. The van der Waals surface area contributed by atoms with E-state index in [0.29, 0.717) is 11.1 Å². The fraction of sp³-hybridized carbons (Fsp3) is 0.192. The molecule has 9 heteroatoms. The van der Waals surface area contributed by atoms with Gasteiger partial charge in [0.05, 0.1) is 9.85 Å². The van der Waals surface area contributed by atoms with Gasteiger partial charge in [0.15, 0.2) is 11.6 Å². The second-order valence-electron chi connectivity index (χ2n) is 8.82. The van der Waals surface area contributed by atoms with Crippen LogP contribution in [0.3, 0.4) is 0 Å². The van der Waals surface area contributed by atoms with Gasteiger partial charge in [-0.05, 0) is 11.1 Å². The summed E-state index contributed by atoms with van der Waals surface area (Å²) in [6.07, 6.45) is -0.153. The van der Waals surface area contributed by atoms with Crippen LogP contribution in [0.2, 0.25) is 0 Å². The Labute approximate surface area is 198 Å². The van der Waals surface area contributed by atoms with E-state index in [-0.39, 0.29) is 41.1 Å². The number of Topliss-reactive ketones (excluding diaryl/α,β-unsaturated/α-hetero) is 3. The zero-order chi connectivity index (χ0) is 24.9. The molecule has 0 unspecified atom stereocenters. The molecule has 0 heterocycles. The number of carbonyl (C=O) groups excluding carboxylic acids is 3. The topological polar surface area (TPSA) is 137 Å². The third kappa shape index (κ3) is 3.27. The summed E-state index contributed by atoms with van der Waals surface area (Å²) in [5, 5.41) is 22.3. The first-order valence-electron chi connectivity index (χ1n) is 10.9. The van der Waals surface area contributed by atoms with Gasteiger partial charge in [-0.2, -0.15) is 0 Å². The number of carbonyl (C=O) groups is 3. The summed E-state index contributed by atoms with van der Waals surface area (Å²) in [5.74, 6) is -2.68. The lowest BCUT2D eigenvalue weighted by atomic mass is 9.54. The van der Waals surface area contributed by atoms with Crippen LogP contribution >= 0.6 is 0 Å². The van der Waals surface area contributed by atoms with E-state index >= 15 is 0 Å². The summed E-state index contributed by atoms with van der Waals surface area (Å²) in [6.45, 7) is 0. The van der Waals surface area contributed by atoms with Gasteiger partial charge in [0.1, 0.15) is 11.2 Å². The van der Waals surface area contributed by atoms with E-state index in [1.165, 1.54) is 48.5 Å². The molecule has 0 aliphatic heterocycles. The SMILES string of the molecule is O=C1C[C@H](c2ccc([N+](=O)[O-])cc2)C2(C(=O)c3ccccc3C2=O)[C@H](c2ccc([N+](=O)[O-])cc2)C1. The number of nitro benzene ring substituents is 2. The van der Waals surface area contributed by atoms with E-state index in [1.54, 1.807) is 24.3 Å². The molecule has 174 valence electrons. The molecule has 35 heavy (non-hydrogen) atoms. The maximum atomic E-state index is 14.1. The molecule has 2 aliphatic carbocycles. The van der Waals surface area contributed by atoms with Crippen LogP contribution in [0.4, 0.5) is 11.4 Å². The van der Waals surface area contributed by atoms with E-state index in [9.17, 15) is 34.6 Å². The zero-order valence-corrected chi connectivity index (χ0v) is 18.2. The highest BCUT2D eigenvalue weighted by Crippen LogP contribution is 2.60. The number of non-ortho nitro benzene ring substituents is 2. The molecule has 0 saturated heterocycles. The van der Waals surface area contributed by atoms with Crippen molar-refractivity contribution in [2.75, 3.05) is 0 Å². The normalized spacial score (nSPS) is 20.6. The predicted molar refractivity (Wildman–Crippen MR) is 123 cm³/mol. The lowest BCUT2D eigenvalue weighted by molar-refractivity contribution is -0.385. The summed E-state index contributed by atoms with van der Waals surface area (Å²) >= 11 is 0. The number of rotatable bonds is 4. The second-order valence-corrected chi connectivity index (χ2v) is 8.82. The third-order valence-corrected chi connectivity index (χ3v) is 7.14. The van der Waals surface area contributed by atoms with E-state index < -0.39 is 38.7 Å². The zero-order valence-electron chi connectivity index (χ0n) is 18.2. The third-order valence-electron chi connectivity index (χ3n) is 7.14. The average molecular weight is 470 g/mol. The molecule has 0 amide bonds. The van der Waals surface area contributed by atoms with Gasteiger partial charge in [0, 0.05) is 60.1 Å². The summed E-state index contributed by atoms with van der Waals surface area (Å²) in [5.41, 5.74) is -0.455. The Morgan fingerprint density at radius 1 is 0.629 bits per heavy atom. The highest BCUT2D eigenvalue weighted by atomic mass is 16.6. The van der Waals surface area contributed by atoms with E-state index in [1.807, 2.05) is 0 Å². The maximum absolute atomic E-state index is 14.1. The quantitative estimate of drug-likeness (QED) is 0.303. The summed E-state index contributed by atoms with van der Waals surface area (Å²) in [7, 11) is 0. The molecule has 1 fully saturated rings. The first-order valence-corrected chi connectivity index (χ1v) is 10.9. The molecule has 0 aromatic heterocycles. The number of nitro groups is 2. The molecule has 9 nitrogen and oxygen atoms in total. The monoisotopic (exact) mass is 470 g/mol. The van der Waals surface area contributed by atoms with E-state index in [2.05, 4.69) is 0 Å². The van der Waals surface area contributed by atoms with Crippen molar-refractivity contribution in [3.05, 3.63) is 115 Å². The fourth-order valence-corrected chi connectivity index (χ4v) is 5.58. The van der Waals surface area contributed by atoms with Gasteiger partial charge in [-0.15, -0.1) is 0 Å². The molecule has 0 radical (unpaired) electrons. The predicted octanol–water partition coefficient (Wildman–Crippen LogP) is 4.80. The van der Waals surface area contributed by atoms with Crippen molar-refractivity contribution >= 4 is 28.7 Å². The van der Waals surface area contributed by atoms with Crippen molar-refractivity contribution in [1.82, 2.24) is 0 Å². The molecular weight excluding hydrogens is 452 g/mol. The van der Waals surface area contributed by atoms with Gasteiger partial charge in [-0.3, -0.25) is 34.6 Å². The minimum absolute atomic E-state index is 0.0766. The van der Waals surface area contributed by atoms with Crippen molar-refractivity contribution in [1.29, 1.82) is 0 Å². The minimum Gasteiger partial charge on any atom is -0.300 e. The Balaban J connectivity index is 1.73. The number of hydrogen-bond donors (Lipinski definition) is 0. The highest BCUT2D eigenvalue weighted by Gasteiger charge is 2.64. The smallest absolute Gasteiger partial charge is 0.269 e. The molecule has 5 rings (SSSR count). The average Bonchev–Trinajstić information content (AvgIpc) is 3.08. The Hall–Kier alpha value is -4.53. The molecule has 1 saturated carbocycles. The number of hydrogen-bond acceptors (Lipinski definition) is 7. The van der Waals surface area contributed by atoms with Crippen molar-refractivity contribution in [2.24, 2.45) is 5.41 Å². The maximum Gasteiger partial charge on any atom is 0.269 e. The van der Waals surface area contributed by atoms with Gasteiger partial charge >= 0.3 is 0 Å². The first-order chi connectivity index (χ1) is 16.7. The van der Waals surface area contributed by atoms with Crippen molar-refractivity contribution in [3.8, 4) is 0 Å². The largest absolute Gasteiger partial charge is 0.300 e. The Bertz CT molecular complexity index is 1300. The number of fused-ring (bicyclic) bond motifs is 1. The van der Waals surface area contributed by atoms with Gasteiger partial charge in [0.25, 0.3) is 11.4 Å². The van der Waals surface area contributed by atoms with Gasteiger partial charge in [0.2, 0.25) is 0 Å². The van der Waals surface area contributed by atoms with E-state index in [0.717, 1.165) is 0 Å². The molecule has 2 aliphatic rings. The number of ketones is 3. The summed E-state index contributed by atoms with van der Waals surface area (Å²) in [4.78, 5) is 62.3. The minimum atomic E-state index is -1.65. The Kier molecular flexibility index (Phi) is 5.12. The van der Waals surface area contributed by atoms with Crippen LogP contribution in [-0.2, 0) is 4.79 Å². The lowest BCUT2D eigenvalue weighted by Crippen LogP contribution is -2.49. The summed E-state index contributed by atoms with van der Waals surface area (Å²) < 4.78 is 0. The molecule has 1 spiro atoms. The van der Waals surface area contributed by atoms with Crippen molar-refractivity contribution in [2.45, 2.75) is 24.7 Å². The van der Waals surface area contributed by atoms with Crippen molar-refractivity contribution < 1.29 is 24.2 Å². The van der Waals surface area contributed by atoms with E-state index in [4.69, 9.17) is 0 Å². The van der Waals surface area contributed by atoms with Crippen LogP contribution in [0.25, 0.3) is 0 Å². The number of benzene rings is 3. The lowest BCUT2D eigenvalue weighted by Gasteiger charge is -2.44. The standard InChI is InChI=1S/C26H18N2O7/c29-19-13-22(15-5-9-17(10-6-15)27(32)33)26(24(30)20-3-1-2-4-21(20)25(26)31)23(14-19)16-7-11-18(12-8-16)28(34)35/h1-12,22-23H,13-14H2/t22-,23+. The molecule has 0 bridgehead atoms. The molecule has 3 aromatic carbocycles. The van der Waals surface area contributed by atoms with Gasteiger partial charge in [-0.25, -0.2) is 0 Å².